The fraction of sp³-hybridized carbons (Fsp3) is 0.632. The summed E-state index contributed by atoms with van der Waals surface area (Å²) in [6.07, 6.45) is 10.1. The predicted octanol–water partition coefficient (Wildman–Crippen LogP) is 6.75. The van der Waals surface area contributed by atoms with Gasteiger partial charge in [-0.3, -0.25) is 9.59 Å². The zero-order valence-corrected chi connectivity index (χ0v) is 34.7. The van der Waals surface area contributed by atoms with E-state index in [0.717, 1.165) is 74.0 Å². The maximum atomic E-state index is 13.1. The number of amides is 2. The Kier molecular flexibility index (Phi) is 35.0. The number of hydrogen-bond donors (Lipinski definition) is 4. The van der Waals surface area contributed by atoms with Crippen LogP contribution in [0.2, 0.25) is 0 Å². The molecule has 0 saturated carbocycles. The second-order valence-electron chi connectivity index (χ2n) is 12.5. The molecule has 0 aliphatic carbocycles. The number of halogens is 4. The average Bonchev–Trinajstić information content (AvgIpc) is 3.11. The van der Waals surface area contributed by atoms with Crippen LogP contribution >= 0.6 is 49.6 Å². The summed E-state index contributed by atoms with van der Waals surface area (Å²) in [4.78, 5) is 29.9. The largest absolute Gasteiger partial charge is 0.493 e. The Morgan fingerprint density at radius 2 is 0.904 bits per heavy atom. The Bertz CT molecular complexity index is 1100. The first kappa shape index (κ1) is 54.3. The molecule has 14 heteroatoms. The number of nitrogens with zero attached hydrogens (tertiary/aromatic N) is 2. The molecule has 0 heterocycles. The first-order valence-corrected chi connectivity index (χ1v) is 18.3. The van der Waals surface area contributed by atoms with Crippen LogP contribution in [0.4, 0.5) is 0 Å². The first-order valence-electron chi connectivity index (χ1n) is 18.3. The minimum Gasteiger partial charge on any atom is -0.493 e. The van der Waals surface area contributed by atoms with E-state index in [2.05, 4.69) is 13.8 Å². The Balaban J connectivity index is -0.00000600. The highest BCUT2D eigenvalue weighted by Crippen LogP contribution is 2.36. The van der Waals surface area contributed by atoms with Gasteiger partial charge in [0.2, 0.25) is 11.8 Å². The van der Waals surface area contributed by atoms with Gasteiger partial charge in [0.25, 0.3) is 0 Å². The second-order valence-corrected chi connectivity index (χ2v) is 12.5. The molecule has 10 nitrogen and oxygen atoms in total. The molecule has 2 rings (SSSR count). The standard InChI is InChI=1S/C38H64N6O4.4ClH/c1-3-5-25-43(37(45)33(41)19-11-13-23-39)27-15-29-47-35-21-9-7-17-31(35)32-18-8-10-22-36(32)48-30-16-28-44(26-6-4-2)38(46)34(42)20-12-14-24-40;;;;/h7-10,17-18,21-22,33-34H,3-6,11-16,19-20,23-30,39-42H2,1-2H3;4*1H/t33-,34-;;;;/m0..../s1. The van der Waals surface area contributed by atoms with Crippen LogP contribution in [-0.2, 0) is 9.59 Å². The number of ether oxygens (including phenoxy) is 2. The van der Waals surface area contributed by atoms with Crippen molar-refractivity contribution in [3.05, 3.63) is 48.5 Å². The van der Waals surface area contributed by atoms with Crippen LogP contribution in [0, 0.1) is 0 Å². The van der Waals surface area contributed by atoms with Crippen LogP contribution in [0.1, 0.15) is 90.9 Å². The Hall–Kier alpha value is -2.02. The number of hydrogen-bond acceptors (Lipinski definition) is 8. The Morgan fingerprint density at radius 1 is 0.558 bits per heavy atom. The first-order chi connectivity index (χ1) is 23.4. The molecule has 2 amide bonds. The average molecular weight is 815 g/mol. The summed E-state index contributed by atoms with van der Waals surface area (Å²) in [5, 5.41) is 0. The quantitative estimate of drug-likeness (QED) is 0.0721. The summed E-state index contributed by atoms with van der Waals surface area (Å²) in [6, 6.07) is 14.9. The normalized spacial score (nSPS) is 11.4. The molecule has 0 aliphatic rings. The van der Waals surface area contributed by atoms with E-state index in [-0.39, 0.29) is 61.4 Å². The molecule has 2 aromatic carbocycles. The van der Waals surface area contributed by atoms with Crippen molar-refractivity contribution in [2.75, 3.05) is 52.5 Å². The summed E-state index contributed by atoms with van der Waals surface area (Å²) in [6.45, 7) is 9.01. The number of nitrogens with two attached hydrogens (primary N) is 4. The van der Waals surface area contributed by atoms with E-state index in [4.69, 9.17) is 32.4 Å². The number of carbonyl (C=O) groups excluding carboxylic acids is 2. The van der Waals surface area contributed by atoms with Gasteiger partial charge in [-0.2, -0.15) is 0 Å². The predicted molar refractivity (Wildman–Crippen MR) is 226 cm³/mol. The summed E-state index contributed by atoms with van der Waals surface area (Å²) in [5.74, 6) is 1.54. The van der Waals surface area contributed by atoms with Gasteiger partial charge >= 0.3 is 0 Å². The molecule has 0 fully saturated rings. The van der Waals surface area contributed by atoms with Crippen molar-refractivity contribution in [2.24, 2.45) is 22.9 Å². The van der Waals surface area contributed by atoms with Crippen LogP contribution < -0.4 is 32.4 Å². The van der Waals surface area contributed by atoms with Crippen LogP contribution in [0.3, 0.4) is 0 Å². The molecule has 0 saturated heterocycles. The molecule has 0 bridgehead atoms. The van der Waals surface area contributed by atoms with Crippen molar-refractivity contribution in [1.29, 1.82) is 0 Å². The lowest BCUT2D eigenvalue weighted by Gasteiger charge is -2.26. The van der Waals surface area contributed by atoms with Crippen molar-refractivity contribution in [3.63, 3.8) is 0 Å². The number of rotatable bonds is 27. The molecular weight excluding hydrogens is 746 g/mol. The molecule has 0 aliphatic heterocycles. The van der Waals surface area contributed by atoms with Crippen LogP contribution in [0.5, 0.6) is 11.5 Å². The van der Waals surface area contributed by atoms with Gasteiger partial charge in [0.15, 0.2) is 0 Å². The van der Waals surface area contributed by atoms with E-state index in [1.165, 1.54) is 0 Å². The topological polar surface area (TPSA) is 163 Å². The van der Waals surface area contributed by atoms with Crippen molar-refractivity contribution >= 4 is 61.4 Å². The van der Waals surface area contributed by atoms with Gasteiger partial charge in [0, 0.05) is 37.3 Å². The fourth-order valence-electron chi connectivity index (χ4n) is 5.60. The smallest absolute Gasteiger partial charge is 0.239 e. The molecule has 0 aromatic heterocycles. The Labute approximate surface area is 338 Å². The van der Waals surface area contributed by atoms with Gasteiger partial charge in [-0.15, -0.1) is 49.6 Å². The van der Waals surface area contributed by atoms with Crippen LogP contribution in [-0.4, -0.2) is 86.2 Å². The number of benzene rings is 2. The minimum absolute atomic E-state index is 0. The van der Waals surface area contributed by atoms with E-state index in [0.29, 0.717) is 78.2 Å². The summed E-state index contributed by atoms with van der Waals surface area (Å²) >= 11 is 0. The van der Waals surface area contributed by atoms with E-state index in [1.807, 2.05) is 58.3 Å². The Morgan fingerprint density at radius 3 is 1.25 bits per heavy atom. The van der Waals surface area contributed by atoms with Crippen molar-refractivity contribution < 1.29 is 19.1 Å². The third-order valence-corrected chi connectivity index (χ3v) is 8.48. The molecule has 302 valence electrons. The monoisotopic (exact) mass is 812 g/mol. The van der Waals surface area contributed by atoms with Crippen molar-refractivity contribution in [3.8, 4) is 22.6 Å². The fourth-order valence-corrected chi connectivity index (χ4v) is 5.60. The highest BCUT2D eigenvalue weighted by atomic mass is 35.5. The third-order valence-electron chi connectivity index (χ3n) is 8.48. The highest BCUT2D eigenvalue weighted by Gasteiger charge is 2.21. The molecule has 2 atom stereocenters. The molecule has 52 heavy (non-hydrogen) atoms. The molecule has 2 aromatic rings. The number of carbonyl (C=O) groups is 2. The molecule has 0 radical (unpaired) electrons. The third kappa shape index (κ3) is 20.4. The summed E-state index contributed by atoms with van der Waals surface area (Å²) < 4.78 is 12.6. The molecule has 8 N–H and O–H groups in total. The maximum Gasteiger partial charge on any atom is 0.239 e. The van der Waals surface area contributed by atoms with E-state index in [1.54, 1.807) is 0 Å². The zero-order valence-electron chi connectivity index (χ0n) is 31.4. The van der Waals surface area contributed by atoms with Gasteiger partial charge < -0.3 is 42.2 Å². The van der Waals surface area contributed by atoms with Crippen LogP contribution in [0.25, 0.3) is 11.1 Å². The van der Waals surface area contributed by atoms with Gasteiger partial charge in [0.05, 0.1) is 25.3 Å². The van der Waals surface area contributed by atoms with Crippen LogP contribution in [0.15, 0.2) is 48.5 Å². The van der Waals surface area contributed by atoms with Crippen molar-refractivity contribution in [2.45, 2.75) is 103 Å². The lowest BCUT2D eigenvalue weighted by atomic mass is 10.0. The number of para-hydroxylation sites is 2. The zero-order chi connectivity index (χ0) is 35.0. The van der Waals surface area contributed by atoms with Gasteiger partial charge in [-0.05, 0) is 76.6 Å². The molecule has 0 spiro atoms. The lowest BCUT2D eigenvalue weighted by Crippen LogP contribution is -2.45. The molecule has 0 unspecified atom stereocenters. The van der Waals surface area contributed by atoms with Gasteiger partial charge in [0.1, 0.15) is 11.5 Å². The van der Waals surface area contributed by atoms with Crippen molar-refractivity contribution in [1.82, 2.24) is 9.80 Å². The number of unbranched alkanes of at least 4 members (excludes halogenated alkanes) is 4. The summed E-state index contributed by atoms with van der Waals surface area (Å²) in [5.41, 5.74) is 25.6. The van der Waals surface area contributed by atoms with E-state index < -0.39 is 12.1 Å². The lowest BCUT2D eigenvalue weighted by molar-refractivity contribution is -0.133. The van der Waals surface area contributed by atoms with E-state index >= 15 is 0 Å². The minimum atomic E-state index is -0.490. The SMILES string of the molecule is CCCCN(CCCOc1ccccc1-c1ccccc1OCCCN(CCCC)C(=O)[C@@H](N)CCCCN)C(=O)[C@@H](N)CCCCN.Cl.Cl.Cl.Cl. The maximum absolute atomic E-state index is 13.1. The van der Waals surface area contributed by atoms with E-state index in [9.17, 15) is 9.59 Å². The van der Waals surface area contributed by atoms with Gasteiger partial charge in [-0.1, -0.05) is 75.9 Å². The van der Waals surface area contributed by atoms with Gasteiger partial charge in [-0.25, -0.2) is 0 Å². The molecular formula is C38H68Cl4N6O4. The second kappa shape index (κ2) is 33.5. The highest BCUT2D eigenvalue weighted by molar-refractivity contribution is 5.86. The summed E-state index contributed by atoms with van der Waals surface area (Å²) in [7, 11) is 0.